The molecule has 0 aliphatic heterocycles. The van der Waals surface area contributed by atoms with Gasteiger partial charge in [0, 0.05) is 23.8 Å². The van der Waals surface area contributed by atoms with Crippen molar-refractivity contribution in [2.24, 2.45) is 11.1 Å². The first kappa shape index (κ1) is 26.2. The van der Waals surface area contributed by atoms with Gasteiger partial charge in [0.25, 0.3) is 10.0 Å². The fourth-order valence-corrected chi connectivity index (χ4v) is 5.05. The Hall–Kier alpha value is -3.43. The molecule has 35 heavy (non-hydrogen) atoms. The van der Waals surface area contributed by atoms with E-state index in [2.05, 4.69) is 4.72 Å². The van der Waals surface area contributed by atoms with Gasteiger partial charge in [-0.05, 0) is 61.5 Å². The van der Waals surface area contributed by atoms with Crippen molar-refractivity contribution in [3.05, 3.63) is 66.2 Å². The Labute approximate surface area is 206 Å². The van der Waals surface area contributed by atoms with E-state index in [0.717, 1.165) is 10.9 Å². The summed E-state index contributed by atoms with van der Waals surface area (Å²) in [5.41, 5.74) is 6.29. The number of nitrogens with zero attached hydrogens (tertiary/aromatic N) is 1. The summed E-state index contributed by atoms with van der Waals surface area (Å²) in [5.74, 6) is -0.803. The van der Waals surface area contributed by atoms with Gasteiger partial charge >= 0.3 is 5.97 Å². The van der Waals surface area contributed by atoms with E-state index >= 15 is 0 Å². The van der Waals surface area contributed by atoms with Crippen LogP contribution in [0, 0.1) is 12.3 Å². The number of ether oxygens (including phenoxy) is 1. The minimum atomic E-state index is -3.84. The lowest BCUT2D eigenvalue weighted by atomic mass is 9.86. The van der Waals surface area contributed by atoms with E-state index in [1.807, 2.05) is 32.0 Å². The highest BCUT2D eigenvalue weighted by Gasteiger charge is 2.36. The third-order valence-electron chi connectivity index (χ3n) is 6.22. The lowest BCUT2D eigenvalue weighted by molar-refractivity contribution is -0.148. The molecule has 8 nitrogen and oxygen atoms in total. The molecule has 0 aliphatic carbocycles. The number of sulfonamides is 1. The topological polar surface area (TPSA) is 119 Å². The molecule has 1 atom stereocenters. The van der Waals surface area contributed by atoms with Crippen LogP contribution in [0.15, 0.2) is 65.6 Å². The molecule has 0 saturated heterocycles. The predicted octanol–water partition coefficient (Wildman–Crippen LogP) is 3.83. The highest BCUT2D eigenvalue weighted by molar-refractivity contribution is 7.93. The van der Waals surface area contributed by atoms with Gasteiger partial charge in [0.1, 0.15) is 6.61 Å². The summed E-state index contributed by atoms with van der Waals surface area (Å²) in [6, 6.07) is 17.3. The summed E-state index contributed by atoms with van der Waals surface area (Å²) in [5, 5.41) is 1.53. The molecule has 1 amide bonds. The van der Waals surface area contributed by atoms with Gasteiger partial charge in [0.2, 0.25) is 5.91 Å². The third kappa shape index (κ3) is 5.63. The van der Waals surface area contributed by atoms with E-state index < -0.39 is 21.4 Å². The SMILES string of the molecule is CCC(C)(COC(=O)CN)C(=O)N(C)c1ccc(NS(=O)(=O)c2cccc3c(C)cccc23)cc1. The Morgan fingerprint density at radius 3 is 2.29 bits per heavy atom. The molecule has 0 fully saturated rings. The third-order valence-corrected chi connectivity index (χ3v) is 7.66. The molecule has 9 heteroatoms. The van der Waals surface area contributed by atoms with Crippen LogP contribution < -0.4 is 15.4 Å². The van der Waals surface area contributed by atoms with Gasteiger partial charge in [-0.2, -0.15) is 0 Å². The fourth-order valence-electron chi connectivity index (χ4n) is 3.77. The first-order valence-corrected chi connectivity index (χ1v) is 12.8. The molecule has 0 radical (unpaired) electrons. The second-order valence-corrected chi connectivity index (χ2v) is 10.4. The van der Waals surface area contributed by atoms with Crippen LogP contribution in [0.5, 0.6) is 0 Å². The summed E-state index contributed by atoms with van der Waals surface area (Å²) in [4.78, 5) is 26.3. The highest BCUT2D eigenvalue weighted by Crippen LogP contribution is 2.30. The van der Waals surface area contributed by atoms with Gasteiger partial charge in [-0.15, -0.1) is 0 Å². The molecular weight excluding hydrogens is 466 g/mol. The van der Waals surface area contributed by atoms with Crippen molar-refractivity contribution in [1.29, 1.82) is 0 Å². The number of rotatable bonds is 9. The summed E-state index contributed by atoms with van der Waals surface area (Å²) >= 11 is 0. The van der Waals surface area contributed by atoms with Gasteiger partial charge in [-0.1, -0.05) is 37.3 Å². The van der Waals surface area contributed by atoms with Crippen LogP contribution in [0.4, 0.5) is 11.4 Å². The largest absolute Gasteiger partial charge is 0.464 e. The lowest BCUT2D eigenvalue weighted by Crippen LogP contribution is -2.43. The normalized spacial score (nSPS) is 13.2. The number of aryl methyl sites for hydroxylation is 1. The van der Waals surface area contributed by atoms with Crippen LogP contribution >= 0.6 is 0 Å². The zero-order valence-electron chi connectivity index (χ0n) is 20.4. The highest BCUT2D eigenvalue weighted by atomic mass is 32.2. The number of nitrogens with two attached hydrogens (primary N) is 1. The average Bonchev–Trinajstić information content (AvgIpc) is 2.86. The fraction of sp³-hybridized carbons (Fsp3) is 0.308. The standard InChI is InChI=1S/C26H31N3O5S/c1-5-26(3,17-34-24(30)16-27)25(31)29(4)20-14-12-19(13-15-20)28-35(32,33)23-11-7-9-21-18(2)8-6-10-22(21)23/h6-15,28H,5,16-17,27H2,1-4H3. The summed E-state index contributed by atoms with van der Waals surface area (Å²) in [7, 11) is -2.22. The molecule has 1 unspecified atom stereocenters. The van der Waals surface area contributed by atoms with Gasteiger partial charge in [-0.25, -0.2) is 8.42 Å². The van der Waals surface area contributed by atoms with E-state index in [-0.39, 0.29) is 24.0 Å². The Morgan fingerprint density at radius 2 is 1.66 bits per heavy atom. The number of hydrogen-bond donors (Lipinski definition) is 2. The Balaban J connectivity index is 1.79. The Kier molecular flexibility index (Phi) is 7.82. The molecule has 3 rings (SSSR count). The van der Waals surface area contributed by atoms with Crippen LogP contribution in [-0.2, 0) is 24.3 Å². The number of hydrogen-bond acceptors (Lipinski definition) is 6. The average molecular weight is 498 g/mol. The maximum atomic E-state index is 13.1. The minimum absolute atomic E-state index is 0.0783. The van der Waals surface area contributed by atoms with Gasteiger partial charge in [0.05, 0.1) is 16.9 Å². The molecule has 0 saturated carbocycles. The van der Waals surface area contributed by atoms with Crippen molar-refractivity contribution in [2.45, 2.75) is 32.1 Å². The Bertz CT molecular complexity index is 1340. The van der Waals surface area contributed by atoms with Crippen molar-refractivity contribution in [2.75, 3.05) is 29.8 Å². The number of carbonyl (C=O) groups is 2. The first-order chi connectivity index (χ1) is 16.5. The number of carbonyl (C=O) groups excluding carboxylic acids is 2. The molecule has 0 spiro atoms. The Morgan fingerprint density at radius 1 is 1.03 bits per heavy atom. The molecule has 186 valence electrons. The molecular formula is C26H31N3O5S. The zero-order chi connectivity index (χ0) is 25.8. The van der Waals surface area contributed by atoms with Crippen LogP contribution in [0.3, 0.4) is 0 Å². The monoisotopic (exact) mass is 497 g/mol. The van der Waals surface area contributed by atoms with Crippen molar-refractivity contribution >= 4 is 44.0 Å². The molecule has 0 aromatic heterocycles. The number of fused-ring (bicyclic) bond motifs is 1. The molecule has 3 aromatic carbocycles. The predicted molar refractivity (Wildman–Crippen MR) is 138 cm³/mol. The first-order valence-electron chi connectivity index (χ1n) is 11.3. The van der Waals surface area contributed by atoms with Crippen LogP contribution in [0.1, 0.15) is 25.8 Å². The number of benzene rings is 3. The van der Waals surface area contributed by atoms with E-state index in [4.69, 9.17) is 10.5 Å². The lowest BCUT2D eigenvalue weighted by Gasteiger charge is -2.31. The maximum absolute atomic E-state index is 13.1. The van der Waals surface area contributed by atoms with E-state index in [1.54, 1.807) is 56.4 Å². The minimum Gasteiger partial charge on any atom is -0.464 e. The van der Waals surface area contributed by atoms with Crippen LogP contribution in [0.2, 0.25) is 0 Å². The summed E-state index contributed by atoms with van der Waals surface area (Å²) in [6.07, 6.45) is 0.455. The van der Waals surface area contributed by atoms with E-state index in [0.29, 0.717) is 23.2 Å². The molecule has 0 bridgehead atoms. The second kappa shape index (κ2) is 10.5. The van der Waals surface area contributed by atoms with E-state index in [9.17, 15) is 18.0 Å². The number of amides is 1. The molecule has 0 heterocycles. The molecule has 3 aromatic rings. The van der Waals surface area contributed by atoms with Crippen molar-refractivity contribution in [3.63, 3.8) is 0 Å². The van der Waals surface area contributed by atoms with Gasteiger partial charge in [-0.3, -0.25) is 14.3 Å². The number of nitrogens with one attached hydrogen (secondary N) is 1. The van der Waals surface area contributed by atoms with Crippen molar-refractivity contribution in [1.82, 2.24) is 0 Å². The quantitative estimate of drug-likeness (QED) is 0.434. The van der Waals surface area contributed by atoms with Gasteiger partial charge in [0.15, 0.2) is 0 Å². The van der Waals surface area contributed by atoms with Crippen LogP contribution in [-0.4, -0.2) is 40.5 Å². The van der Waals surface area contributed by atoms with Crippen molar-refractivity contribution in [3.8, 4) is 0 Å². The number of esters is 1. The maximum Gasteiger partial charge on any atom is 0.319 e. The second-order valence-electron chi connectivity index (χ2n) is 8.72. The smallest absolute Gasteiger partial charge is 0.319 e. The molecule has 0 aliphatic rings. The summed E-state index contributed by atoms with van der Waals surface area (Å²) in [6.45, 7) is 5.18. The van der Waals surface area contributed by atoms with Crippen LogP contribution in [0.25, 0.3) is 10.8 Å². The van der Waals surface area contributed by atoms with Crippen molar-refractivity contribution < 1.29 is 22.7 Å². The van der Waals surface area contributed by atoms with E-state index in [1.165, 1.54) is 4.90 Å². The zero-order valence-corrected chi connectivity index (χ0v) is 21.2. The molecule has 3 N–H and O–H groups in total. The number of anilines is 2. The summed E-state index contributed by atoms with van der Waals surface area (Å²) < 4.78 is 34.0. The van der Waals surface area contributed by atoms with Gasteiger partial charge < -0.3 is 15.4 Å².